The Morgan fingerprint density at radius 2 is 1.63 bits per heavy atom. The van der Waals surface area contributed by atoms with E-state index in [9.17, 15) is 13.5 Å². The van der Waals surface area contributed by atoms with Crippen molar-refractivity contribution in [1.29, 1.82) is 0 Å². The van der Waals surface area contributed by atoms with Gasteiger partial charge in [-0.1, -0.05) is 6.07 Å². The number of aliphatic hydroxyl groups is 1. The Balaban J connectivity index is 1.83. The van der Waals surface area contributed by atoms with E-state index >= 15 is 0 Å². The summed E-state index contributed by atoms with van der Waals surface area (Å²) in [6.45, 7) is 6.58. The molecular formula is C27H33N7O6S. The first-order chi connectivity index (χ1) is 19.6. The molecule has 41 heavy (non-hydrogen) atoms. The van der Waals surface area contributed by atoms with Crippen LogP contribution in [0.1, 0.15) is 36.9 Å². The number of aryl methyl sites for hydroxylation is 2. The van der Waals surface area contributed by atoms with E-state index in [1.807, 2.05) is 19.9 Å². The molecule has 0 amide bonds. The van der Waals surface area contributed by atoms with E-state index in [0.717, 1.165) is 11.1 Å². The minimum atomic E-state index is -4.22. The summed E-state index contributed by atoms with van der Waals surface area (Å²) in [6, 6.07) is 7.03. The van der Waals surface area contributed by atoms with Crippen LogP contribution in [-0.4, -0.2) is 75.4 Å². The second-order valence-electron chi connectivity index (χ2n) is 9.52. The van der Waals surface area contributed by atoms with E-state index in [2.05, 4.69) is 29.9 Å². The highest BCUT2D eigenvalue weighted by atomic mass is 32.2. The first kappa shape index (κ1) is 29.8. The number of para-hydroxylation sites is 1. The largest absolute Gasteiger partial charge is 0.494 e. The number of hydrogen-bond donors (Lipinski definition) is 2. The molecule has 0 unspecified atom stereocenters. The molecule has 218 valence electrons. The number of aliphatic hydroxyl groups excluding tert-OH is 1. The van der Waals surface area contributed by atoms with Crippen LogP contribution in [-0.2, 0) is 14.8 Å². The molecule has 3 aromatic heterocycles. The fourth-order valence-electron chi connectivity index (χ4n) is 4.07. The van der Waals surface area contributed by atoms with Gasteiger partial charge in [0.2, 0.25) is 16.0 Å². The fourth-order valence-corrected chi connectivity index (χ4v) is 5.17. The number of anilines is 1. The monoisotopic (exact) mass is 583 g/mol. The van der Waals surface area contributed by atoms with Crippen molar-refractivity contribution >= 4 is 16.0 Å². The Labute approximate surface area is 238 Å². The maximum absolute atomic E-state index is 13.9. The predicted molar refractivity (Wildman–Crippen MR) is 152 cm³/mol. The van der Waals surface area contributed by atoms with Crippen molar-refractivity contribution in [2.75, 3.05) is 25.5 Å². The minimum absolute atomic E-state index is 0.116. The zero-order valence-electron chi connectivity index (χ0n) is 23.6. The number of pyridine rings is 1. The van der Waals surface area contributed by atoms with Crippen molar-refractivity contribution in [1.82, 2.24) is 29.7 Å². The molecule has 0 aliphatic rings. The van der Waals surface area contributed by atoms with Crippen molar-refractivity contribution in [2.45, 2.75) is 45.2 Å². The molecule has 4 rings (SSSR count). The molecule has 3 heterocycles. The van der Waals surface area contributed by atoms with Gasteiger partial charge >= 0.3 is 0 Å². The zero-order valence-corrected chi connectivity index (χ0v) is 24.5. The lowest BCUT2D eigenvalue weighted by Gasteiger charge is -2.24. The molecule has 14 heteroatoms. The second kappa shape index (κ2) is 12.6. The number of ether oxygens (including phenoxy) is 3. The van der Waals surface area contributed by atoms with Crippen LogP contribution in [0.5, 0.6) is 11.5 Å². The van der Waals surface area contributed by atoms with Crippen LogP contribution >= 0.6 is 0 Å². The fraction of sp³-hybridized carbons (Fsp3) is 0.370. The first-order valence-corrected chi connectivity index (χ1v) is 14.3. The summed E-state index contributed by atoms with van der Waals surface area (Å²) in [5.74, 6) is 1.14. The molecule has 0 radical (unpaired) electrons. The number of sulfonamides is 1. The van der Waals surface area contributed by atoms with E-state index in [1.54, 1.807) is 43.0 Å². The molecular weight excluding hydrogens is 550 g/mol. The van der Waals surface area contributed by atoms with E-state index in [4.69, 9.17) is 14.2 Å². The highest BCUT2D eigenvalue weighted by Crippen LogP contribution is 2.38. The zero-order chi connectivity index (χ0) is 29.7. The van der Waals surface area contributed by atoms with E-state index < -0.39 is 27.5 Å². The molecule has 0 saturated carbocycles. The van der Waals surface area contributed by atoms with E-state index in [-0.39, 0.29) is 18.4 Å². The number of rotatable bonds is 12. The average molecular weight is 584 g/mol. The Morgan fingerprint density at radius 3 is 2.22 bits per heavy atom. The highest BCUT2D eigenvalue weighted by molar-refractivity contribution is 7.93. The van der Waals surface area contributed by atoms with E-state index in [0.29, 0.717) is 28.6 Å². The lowest BCUT2D eigenvalue weighted by molar-refractivity contribution is -0.00765. The van der Waals surface area contributed by atoms with Gasteiger partial charge < -0.3 is 19.3 Å². The molecule has 0 saturated heterocycles. The predicted octanol–water partition coefficient (Wildman–Crippen LogP) is 3.02. The molecule has 3 atom stereocenters. The average Bonchev–Trinajstić information content (AvgIpc) is 3.35. The van der Waals surface area contributed by atoms with Crippen LogP contribution < -0.4 is 14.2 Å². The maximum Gasteiger partial charge on any atom is 0.243 e. The first-order valence-electron chi connectivity index (χ1n) is 12.7. The number of nitrogens with one attached hydrogen (secondary N) is 1. The van der Waals surface area contributed by atoms with Gasteiger partial charge in [0.25, 0.3) is 0 Å². The summed E-state index contributed by atoms with van der Waals surface area (Å²) < 4.78 is 48.8. The summed E-state index contributed by atoms with van der Waals surface area (Å²) in [5, 5.41) is 17.1. The van der Waals surface area contributed by atoms with Crippen molar-refractivity contribution in [2.24, 2.45) is 0 Å². The van der Waals surface area contributed by atoms with Crippen LogP contribution in [0.4, 0.5) is 5.95 Å². The Bertz CT molecular complexity index is 1570. The van der Waals surface area contributed by atoms with Gasteiger partial charge in [0.15, 0.2) is 11.6 Å². The number of benzene rings is 1. The van der Waals surface area contributed by atoms with Crippen LogP contribution in [0.25, 0.3) is 17.1 Å². The maximum atomic E-state index is 13.9. The van der Waals surface area contributed by atoms with Gasteiger partial charge in [0, 0.05) is 30.4 Å². The van der Waals surface area contributed by atoms with Gasteiger partial charge in [0.1, 0.15) is 28.5 Å². The van der Waals surface area contributed by atoms with Crippen LogP contribution in [0, 0.1) is 13.8 Å². The SMILES string of the molecule is COc1cccc(OC)c1-n1c(NS(=O)(=O)[C@H](C)[C@@H](OC[C@H](C)O)c2ncc(C)cn2)nnc1-c1cncc(C)c1. The van der Waals surface area contributed by atoms with Gasteiger partial charge in [-0.15, -0.1) is 10.2 Å². The lowest BCUT2D eigenvalue weighted by atomic mass is 10.2. The molecule has 0 spiro atoms. The Hall–Kier alpha value is -4.14. The number of methoxy groups -OCH3 is 2. The Kier molecular flexibility index (Phi) is 9.15. The normalized spacial score (nSPS) is 13.8. The topological polar surface area (TPSA) is 163 Å². The van der Waals surface area contributed by atoms with Gasteiger partial charge in [0.05, 0.1) is 26.9 Å². The summed E-state index contributed by atoms with van der Waals surface area (Å²) >= 11 is 0. The van der Waals surface area contributed by atoms with Crippen molar-refractivity contribution in [3.8, 4) is 28.6 Å². The molecule has 1 aromatic carbocycles. The third-order valence-corrected chi connectivity index (χ3v) is 7.84. The van der Waals surface area contributed by atoms with Crippen LogP contribution in [0.3, 0.4) is 0 Å². The van der Waals surface area contributed by atoms with Gasteiger partial charge in [-0.25, -0.2) is 18.4 Å². The minimum Gasteiger partial charge on any atom is -0.494 e. The third kappa shape index (κ3) is 6.61. The smallest absolute Gasteiger partial charge is 0.243 e. The summed E-state index contributed by atoms with van der Waals surface area (Å²) in [7, 11) is -1.23. The molecule has 0 bridgehead atoms. The van der Waals surface area contributed by atoms with Crippen LogP contribution in [0.15, 0.2) is 49.1 Å². The molecule has 0 aliphatic carbocycles. The van der Waals surface area contributed by atoms with Crippen molar-refractivity contribution in [3.63, 3.8) is 0 Å². The molecule has 13 nitrogen and oxygen atoms in total. The summed E-state index contributed by atoms with van der Waals surface area (Å²) in [5.41, 5.74) is 2.65. The molecule has 4 aromatic rings. The van der Waals surface area contributed by atoms with Crippen LogP contribution in [0.2, 0.25) is 0 Å². The summed E-state index contributed by atoms with van der Waals surface area (Å²) in [4.78, 5) is 12.8. The van der Waals surface area contributed by atoms with Crippen molar-refractivity contribution in [3.05, 3.63) is 66.0 Å². The van der Waals surface area contributed by atoms with Gasteiger partial charge in [-0.05, 0) is 57.0 Å². The number of nitrogens with zero attached hydrogens (tertiary/aromatic N) is 6. The Morgan fingerprint density at radius 1 is 0.976 bits per heavy atom. The molecule has 0 aliphatic heterocycles. The van der Waals surface area contributed by atoms with E-state index in [1.165, 1.54) is 32.6 Å². The number of aromatic nitrogens is 6. The quantitative estimate of drug-likeness (QED) is 0.252. The highest BCUT2D eigenvalue weighted by Gasteiger charge is 2.36. The lowest BCUT2D eigenvalue weighted by Crippen LogP contribution is -2.35. The second-order valence-corrected chi connectivity index (χ2v) is 11.6. The number of hydrogen-bond acceptors (Lipinski definition) is 11. The molecule has 0 fully saturated rings. The summed E-state index contributed by atoms with van der Waals surface area (Å²) in [6.07, 6.45) is 4.50. The van der Waals surface area contributed by atoms with Gasteiger partial charge in [-0.3, -0.25) is 14.3 Å². The van der Waals surface area contributed by atoms with Gasteiger partial charge in [-0.2, -0.15) is 0 Å². The standard InChI is InChI=1S/C27H33N7O6S/c1-16-10-20(14-28-11-16)26-31-32-27(34(26)23-21(38-5)8-7-9-22(23)39-6)33-41(36,37)19(4)24(40-15-18(3)35)25-29-12-17(2)13-30-25/h7-14,18-19,24,35H,15H2,1-6H3,(H,32,33)/t18-,19+,24+/m0/s1. The van der Waals surface area contributed by atoms with Crippen molar-refractivity contribution < 1.29 is 27.7 Å². The third-order valence-electron chi connectivity index (χ3n) is 6.14. The molecule has 2 N–H and O–H groups in total.